The van der Waals surface area contributed by atoms with E-state index in [1.807, 2.05) is 12.1 Å². The van der Waals surface area contributed by atoms with Gasteiger partial charge in [-0.3, -0.25) is 4.79 Å². The van der Waals surface area contributed by atoms with Gasteiger partial charge in [0.2, 0.25) is 0 Å². The summed E-state index contributed by atoms with van der Waals surface area (Å²) in [7, 11) is 0. The highest BCUT2D eigenvalue weighted by Gasteiger charge is 2.18. The molecule has 1 aliphatic rings. The maximum absolute atomic E-state index is 12.0. The maximum Gasteiger partial charge on any atom is 0.273 e. The molecule has 1 N–H and O–H groups in total. The molecule has 110 valence electrons. The number of hydrogen-bond donors (Lipinski definition) is 1. The van der Waals surface area contributed by atoms with Gasteiger partial charge in [0.15, 0.2) is 5.69 Å². The Morgan fingerprint density at radius 3 is 3.19 bits per heavy atom. The Morgan fingerprint density at radius 2 is 2.43 bits per heavy atom. The van der Waals surface area contributed by atoms with Gasteiger partial charge in [0.25, 0.3) is 5.91 Å². The predicted molar refractivity (Wildman–Crippen MR) is 77.7 cm³/mol. The lowest BCUT2D eigenvalue weighted by Gasteiger charge is -2.09. The van der Waals surface area contributed by atoms with Gasteiger partial charge in [0.05, 0.1) is 18.0 Å². The topological polar surface area (TPSA) is 69.0 Å². The summed E-state index contributed by atoms with van der Waals surface area (Å²) in [6, 6.07) is 7.19. The highest BCUT2D eigenvalue weighted by atomic mass is 35.5. The van der Waals surface area contributed by atoms with Crippen LogP contribution in [0, 0.1) is 0 Å². The van der Waals surface area contributed by atoms with E-state index in [2.05, 4.69) is 15.6 Å². The van der Waals surface area contributed by atoms with E-state index < -0.39 is 0 Å². The van der Waals surface area contributed by atoms with Crippen LogP contribution in [0.2, 0.25) is 5.02 Å². The summed E-state index contributed by atoms with van der Waals surface area (Å²) in [5, 5.41) is 11.2. The molecular formula is C14H15ClN4O2. The van der Waals surface area contributed by atoms with Crippen molar-refractivity contribution in [3.05, 3.63) is 41.2 Å². The summed E-state index contributed by atoms with van der Waals surface area (Å²) >= 11 is 5.93. The summed E-state index contributed by atoms with van der Waals surface area (Å²) < 4.78 is 6.98. The van der Waals surface area contributed by atoms with Crippen molar-refractivity contribution in [1.82, 2.24) is 20.3 Å². The fourth-order valence-electron chi connectivity index (χ4n) is 2.22. The third kappa shape index (κ3) is 3.40. The Labute approximate surface area is 127 Å². The zero-order chi connectivity index (χ0) is 14.7. The average molecular weight is 307 g/mol. The Hall–Kier alpha value is -1.92. The summed E-state index contributed by atoms with van der Waals surface area (Å²) in [6.45, 7) is 1.27. The summed E-state index contributed by atoms with van der Waals surface area (Å²) in [5.74, 6) is -0.251. The van der Waals surface area contributed by atoms with E-state index >= 15 is 0 Å². The first kappa shape index (κ1) is 14.0. The van der Waals surface area contributed by atoms with Crippen LogP contribution in [0.15, 0.2) is 30.5 Å². The number of carbonyl (C=O) groups excluding carboxylic acids is 1. The summed E-state index contributed by atoms with van der Waals surface area (Å²) in [4.78, 5) is 12.0. The molecule has 7 heteroatoms. The fraction of sp³-hybridized carbons (Fsp3) is 0.357. The van der Waals surface area contributed by atoms with Gasteiger partial charge >= 0.3 is 0 Å². The van der Waals surface area contributed by atoms with Crippen molar-refractivity contribution in [2.45, 2.75) is 18.9 Å². The first-order valence-electron chi connectivity index (χ1n) is 6.80. The lowest BCUT2D eigenvalue weighted by atomic mass is 10.2. The minimum atomic E-state index is -0.251. The van der Waals surface area contributed by atoms with Gasteiger partial charge in [-0.2, -0.15) is 0 Å². The van der Waals surface area contributed by atoms with Crippen LogP contribution in [0.4, 0.5) is 0 Å². The molecule has 1 atom stereocenters. The van der Waals surface area contributed by atoms with Crippen LogP contribution in [0.3, 0.4) is 0 Å². The van der Waals surface area contributed by atoms with Crippen molar-refractivity contribution in [1.29, 1.82) is 0 Å². The molecule has 2 heterocycles. The number of nitrogens with one attached hydrogen (secondary N) is 1. The molecule has 0 spiro atoms. The monoisotopic (exact) mass is 306 g/mol. The number of amides is 1. The molecule has 1 fully saturated rings. The van der Waals surface area contributed by atoms with Crippen molar-refractivity contribution in [2.75, 3.05) is 13.2 Å². The molecule has 6 nitrogen and oxygen atoms in total. The molecule has 1 aromatic carbocycles. The first-order valence-corrected chi connectivity index (χ1v) is 7.18. The smallest absolute Gasteiger partial charge is 0.273 e. The van der Waals surface area contributed by atoms with Gasteiger partial charge in [-0.25, -0.2) is 4.68 Å². The second-order valence-electron chi connectivity index (χ2n) is 4.87. The van der Waals surface area contributed by atoms with Crippen LogP contribution < -0.4 is 5.32 Å². The molecular weight excluding hydrogens is 292 g/mol. The lowest BCUT2D eigenvalue weighted by molar-refractivity contribution is 0.0853. The molecule has 3 rings (SSSR count). The molecule has 1 aromatic heterocycles. The van der Waals surface area contributed by atoms with E-state index in [9.17, 15) is 4.79 Å². The second kappa shape index (κ2) is 6.24. The largest absolute Gasteiger partial charge is 0.376 e. The van der Waals surface area contributed by atoms with Gasteiger partial charge in [-0.1, -0.05) is 22.9 Å². The van der Waals surface area contributed by atoms with Crippen LogP contribution in [-0.4, -0.2) is 40.2 Å². The number of hydrogen-bond acceptors (Lipinski definition) is 4. The number of benzene rings is 1. The molecule has 1 amide bonds. The van der Waals surface area contributed by atoms with E-state index in [-0.39, 0.29) is 17.7 Å². The third-order valence-corrected chi connectivity index (χ3v) is 3.55. The minimum Gasteiger partial charge on any atom is -0.376 e. The quantitative estimate of drug-likeness (QED) is 0.935. The van der Waals surface area contributed by atoms with Gasteiger partial charge < -0.3 is 10.1 Å². The van der Waals surface area contributed by atoms with Crippen molar-refractivity contribution < 1.29 is 9.53 Å². The molecule has 0 radical (unpaired) electrons. The van der Waals surface area contributed by atoms with E-state index in [0.29, 0.717) is 11.6 Å². The third-order valence-electron chi connectivity index (χ3n) is 3.31. The number of nitrogens with zero attached hydrogens (tertiary/aromatic N) is 3. The lowest BCUT2D eigenvalue weighted by Crippen LogP contribution is -2.31. The number of carbonyl (C=O) groups is 1. The number of rotatable bonds is 4. The van der Waals surface area contributed by atoms with Gasteiger partial charge in [0.1, 0.15) is 0 Å². The Balaban J connectivity index is 1.65. The fourth-order valence-corrected chi connectivity index (χ4v) is 2.40. The molecule has 2 aromatic rings. The zero-order valence-corrected chi connectivity index (χ0v) is 12.1. The van der Waals surface area contributed by atoms with Crippen LogP contribution in [0.5, 0.6) is 0 Å². The number of aromatic nitrogens is 3. The molecule has 0 aliphatic carbocycles. The van der Waals surface area contributed by atoms with Crippen molar-refractivity contribution in [3.63, 3.8) is 0 Å². The van der Waals surface area contributed by atoms with Crippen molar-refractivity contribution in [2.24, 2.45) is 0 Å². The first-order chi connectivity index (χ1) is 10.2. The Kier molecular flexibility index (Phi) is 4.17. The highest BCUT2D eigenvalue weighted by Crippen LogP contribution is 2.14. The van der Waals surface area contributed by atoms with Crippen LogP contribution >= 0.6 is 11.6 Å². The SMILES string of the molecule is O=C(NCC1CCCO1)c1cn(-c2cccc(Cl)c2)nn1. The van der Waals surface area contributed by atoms with Gasteiger partial charge in [-0.15, -0.1) is 5.10 Å². The van der Waals surface area contributed by atoms with Crippen LogP contribution in [-0.2, 0) is 4.74 Å². The normalized spacial score (nSPS) is 17.9. The summed E-state index contributed by atoms with van der Waals surface area (Å²) in [5.41, 5.74) is 1.03. The molecule has 1 unspecified atom stereocenters. The van der Waals surface area contributed by atoms with Gasteiger partial charge in [0, 0.05) is 18.2 Å². The molecule has 21 heavy (non-hydrogen) atoms. The average Bonchev–Trinajstić information content (AvgIpc) is 3.16. The minimum absolute atomic E-state index is 0.108. The zero-order valence-electron chi connectivity index (χ0n) is 11.3. The van der Waals surface area contributed by atoms with Gasteiger partial charge in [-0.05, 0) is 31.0 Å². The van der Waals surface area contributed by atoms with E-state index in [4.69, 9.17) is 16.3 Å². The number of ether oxygens (including phenoxy) is 1. The van der Waals surface area contributed by atoms with E-state index in [0.717, 1.165) is 25.1 Å². The molecule has 1 saturated heterocycles. The van der Waals surface area contributed by atoms with Crippen molar-refractivity contribution in [3.8, 4) is 5.69 Å². The molecule has 1 aliphatic heterocycles. The second-order valence-corrected chi connectivity index (χ2v) is 5.31. The highest BCUT2D eigenvalue weighted by molar-refractivity contribution is 6.30. The van der Waals surface area contributed by atoms with Crippen molar-refractivity contribution >= 4 is 17.5 Å². The Bertz CT molecular complexity index is 637. The number of halogens is 1. The summed E-state index contributed by atoms with van der Waals surface area (Å²) in [6.07, 6.45) is 3.72. The van der Waals surface area contributed by atoms with Crippen LogP contribution in [0.1, 0.15) is 23.3 Å². The predicted octanol–water partition coefficient (Wildman–Crippen LogP) is 1.83. The molecule has 0 bridgehead atoms. The Morgan fingerprint density at radius 1 is 1.52 bits per heavy atom. The van der Waals surface area contributed by atoms with Crippen LogP contribution in [0.25, 0.3) is 5.69 Å². The maximum atomic E-state index is 12.0. The standard InChI is InChI=1S/C14H15ClN4O2/c15-10-3-1-4-11(7-10)19-9-13(17-18-19)14(20)16-8-12-5-2-6-21-12/h1,3-4,7,9,12H,2,5-6,8H2,(H,16,20). The van der Waals surface area contributed by atoms with E-state index in [1.165, 1.54) is 4.68 Å². The molecule has 0 saturated carbocycles. The van der Waals surface area contributed by atoms with E-state index in [1.54, 1.807) is 18.3 Å².